The molecule has 0 saturated heterocycles. The van der Waals surface area contributed by atoms with Crippen molar-refractivity contribution in [1.29, 1.82) is 0 Å². The van der Waals surface area contributed by atoms with Gasteiger partial charge in [0.2, 0.25) is 17.7 Å². The zero-order chi connectivity index (χ0) is 24.1. The first-order valence-electron chi connectivity index (χ1n) is 10.4. The van der Waals surface area contributed by atoms with E-state index in [1.165, 1.54) is 6.92 Å². The monoisotopic (exact) mass is 463 g/mol. The molecule has 0 bridgehead atoms. The SMILES string of the molecule is CCC(C)C(N)C(=O)NC(C(=O)NC(CS)C(=O)NC(CCCCN)C(=O)O)C(C)O. The lowest BCUT2D eigenvalue weighted by Gasteiger charge is -2.26. The van der Waals surface area contributed by atoms with Gasteiger partial charge in [-0.1, -0.05) is 20.3 Å². The summed E-state index contributed by atoms with van der Waals surface area (Å²) >= 11 is 4.04. The van der Waals surface area contributed by atoms with Crippen molar-refractivity contribution in [2.45, 2.75) is 76.7 Å². The fraction of sp³-hybridized carbons (Fsp3) is 0.789. The zero-order valence-corrected chi connectivity index (χ0v) is 19.2. The van der Waals surface area contributed by atoms with Crippen molar-refractivity contribution < 1.29 is 29.4 Å². The zero-order valence-electron chi connectivity index (χ0n) is 18.3. The summed E-state index contributed by atoms with van der Waals surface area (Å²) in [7, 11) is 0. The van der Waals surface area contributed by atoms with Crippen LogP contribution in [0.5, 0.6) is 0 Å². The molecule has 0 rings (SSSR count). The van der Waals surface area contributed by atoms with E-state index in [1.54, 1.807) is 6.92 Å². The highest BCUT2D eigenvalue weighted by Crippen LogP contribution is 2.07. The number of aliphatic hydroxyl groups is 1. The molecule has 6 atom stereocenters. The third kappa shape index (κ3) is 10.3. The van der Waals surface area contributed by atoms with Crippen LogP contribution in [0, 0.1) is 5.92 Å². The number of hydrogen-bond acceptors (Lipinski definition) is 8. The Labute approximate surface area is 188 Å². The highest BCUT2D eigenvalue weighted by molar-refractivity contribution is 7.80. The summed E-state index contributed by atoms with van der Waals surface area (Å²) in [6.45, 7) is 5.37. The standard InChI is InChI=1S/C19H37N5O6S/c1-4-10(2)14(21)17(27)24-15(11(3)25)18(28)23-13(9-31)16(26)22-12(19(29)30)7-5-6-8-20/h10-15,25,31H,4-9,20-21H2,1-3H3,(H,22,26)(H,23,28)(H,24,27)(H,29,30). The first-order valence-corrected chi connectivity index (χ1v) is 11.0. The Hall–Kier alpha value is -1.89. The number of rotatable bonds is 15. The van der Waals surface area contributed by atoms with E-state index in [4.69, 9.17) is 11.5 Å². The molecule has 0 radical (unpaired) electrons. The third-order valence-electron chi connectivity index (χ3n) is 5.00. The molecule has 6 unspecified atom stereocenters. The number of carboxylic acid groups (broad SMARTS) is 1. The second kappa shape index (κ2) is 15.0. The number of aliphatic hydroxyl groups excluding tert-OH is 1. The van der Waals surface area contributed by atoms with Gasteiger partial charge in [0.25, 0.3) is 0 Å². The summed E-state index contributed by atoms with van der Waals surface area (Å²) < 4.78 is 0. The molecule has 0 aromatic carbocycles. The summed E-state index contributed by atoms with van der Waals surface area (Å²) in [6, 6.07) is -4.53. The van der Waals surface area contributed by atoms with Crippen LogP contribution in [0.3, 0.4) is 0 Å². The van der Waals surface area contributed by atoms with Crippen LogP contribution in [0.1, 0.15) is 46.5 Å². The highest BCUT2D eigenvalue weighted by Gasteiger charge is 2.32. The maximum absolute atomic E-state index is 12.6. The minimum Gasteiger partial charge on any atom is -0.480 e. The van der Waals surface area contributed by atoms with Crippen LogP contribution in [-0.4, -0.2) is 76.5 Å². The molecule has 0 saturated carbocycles. The van der Waals surface area contributed by atoms with E-state index in [0.29, 0.717) is 25.8 Å². The molecular formula is C19H37N5O6S. The maximum Gasteiger partial charge on any atom is 0.326 e. The van der Waals surface area contributed by atoms with Crippen LogP contribution < -0.4 is 27.4 Å². The van der Waals surface area contributed by atoms with Crippen molar-refractivity contribution >= 4 is 36.3 Å². The second-order valence-corrected chi connectivity index (χ2v) is 7.93. The fourth-order valence-corrected chi connectivity index (χ4v) is 2.90. The van der Waals surface area contributed by atoms with Crippen LogP contribution in [0.4, 0.5) is 0 Å². The van der Waals surface area contributed by atoms with Gasteiger partial charge in [0, 0.05) is 5.75 Å². The average molecular weight is 464 g/mol. The molecule has 0 aliphatic rings. The Balaban J connectivity index is 5.13. The van der Waals surface area contributed by atoms with Crippen molar-refractivity contribution in [1.82, 2.24) is 16.0 Å². The van der Waals surface area contributed by atoms with Crippen molar-refractivity contribution in [2.24, 2.45) is 17.4 Å². The molecule has 0 heterocycles. The van der Waals surface area contributed by atoms with Crippen LogP contribution in [-0.2, 0) is 19.2 Å². The predicted molar refractivity (Wildman–Crippen MR) is 119 cm³/mol. The van der Waals surface area contributed by atoms with Gasteiger partial charge in [-0.2, -0.15) is 12.6 Å². The summed E-state index contributed by atoms with van der Waals surface area (Å²) in [4.78, 5) is 48.8. The Kier molecular flexibility index (Phi) is 14.1. The first kappa shape index (κ1) is 29.1. The number of carbonyl (C=O) groups is 4. The molecule has 0 spiro atoms. The van der Waals surface area contributed by atoms with Gasteiger partial charge in [0.05, 0.1) is 12.1 Å². The van der Waals surface area contributed by atoms with Crippen molar-refractivity contribution in [3.05, 3.63) is 0 Å². The average Bonchev–Trinajstić information content (AvgIpc) is 2.72. The van der Waals surface area contributed by atoms with Gasteiger partial charge in [-0.15, -0.1) is 0 Å². The predicted octanol–water partition coefficient (Wildman–Crippen LogP) is -1.66. The quantitative estimate of drug-likeness (QED) is 0.104. The smallest absolute Gasteiger partial charge is 0.326 e. The number of thiol groups is 1. The van der Waals surface area contributed by atoms with Crippen LogP contribution >= 0.6 is 12.6 Å². The van der Waals surface area contributed by atoms with E-state index in [-0.39, 0.29) is 18.1 Å². The molecule has 11 nitrogen and oxygen atoms in total. The van der Waals surface area contributed by atoms with Gasteiger partial charge in [-0.05, 0) is 38.6 Å². The molecular weight excluding hydrogens is 426 g/mol. The number of unbranched alkanes of at least 4 members (excludes halogenated alkanes) is 1. The fourth-order valence-electron chi connectivity index (χ4n) is 2.65. The Bertz CT molecular complexity index is 606. The van der Waals surface area contributed by atoms with E-state index >= 15 is 0 Å². The number of amides is 3. The molecule has 0 aliphatic carbocycles. The largest absolute Gasteiger partial charge is 0.480 e. The number of carboxylic acids is 1. The molecule has 31 heavy (non-hydrogen) atoms. The van der Waals surface area contributed by atoms with Crippen molar-refractivity contribution in [3.63, 3.8) is 0 Å². The molecule has 180 valence electrons. The Morgan fingerprint density at radius 1 is 0.968 bits per heavy atom. The molecule has 3 amide bonds. The Morgan fingerprint density at radius 2 is 1.55 bits per heavy atom. The van der Waals surface area contributed by atoms with Gasteiger partial charge in [-0.25, -0.2) is 4.79 Å². The minimum absolute atomic E-state index is 0.125. The van der Waals surface area contributed by atoms with E-state index in [2.05, 4.69) is 28.6 Å². The molecule has 9 N–H and O–H groups in total. The van der Waals surface area contributed by atoms with E-state index in [0.717, 1.165) is 0 Å². The summed E-state index contributed by atoms with van der Waals surface area (Å²) in [5.41, 5.74) is 11.3. The van der Waals surface area contributed by atoms with E-state index in [1.807, 2.05) is 6.92 Å². The lowest BCUT2D eigenvalue weighted by Crippen LogP contribution is -2.60. The van der Waals surface area contributed by atoms with E-state index in [9.17, 15) is 29.4 Å². The van der Waals surface area contributed by atoms with Crippen LogP contribution in [0.15, 0.2) is 0 Å². The number of nitrogens with two attached hydrogens (primary N) is 2. The summed E-state index contributed by atoms with van der Waals surface area (Å²) in [6.07, 6.45) is 0.697. The lowest BCUT2D eigenvalue weighted by atomic mass is 9.98. The molecule has 12 heteroatoms. The second-order valence-electron chi connectivity index (χ2n) is 7.57. The summed E-state index contributed by atoms with van der Waals surface area (Å²) in [5, 5.41) is 26.4. The highest BCUT2D eigenvalue weighted by atomic mass is 32.1. The van der Waals surface area contributed by atoms with Gasteiger partial charge in [-0.3, -0.25) is 14.4 Å². The molecule has 0 aromatic rings. The van der Waals surface area contributed by atoms with Crippen molar-refractivity contribution in [3.8, 4) is 0 Å². The van der Waals surface area contributed by atoms with Gasteiger partial charge in [0.1, 0.15) is 18.1 Å². The molecule has 0 aromatic heterocycles. The number of nitrogens with one attached hydrogen (secondary N) is 3. The maximum atomic E-state index is 12.6. The third-order valence-corrected chi connectivity index (χ3v) is 5.36. The first-order chi connectivity index (χ1) is 14.5. The summed E-state index contributed by atoms with van der Waals surface area (Å²) in [5.74, 6) is -3.63. The lowest BCUT2D eigenvalue weighted by molar-refractivity contribution is -0.142. The van der Waals surface area contributed by atoms with Crippen LogP contribution in [0.2, 0.25) is 0 Å². The van der Waals surface area contributed by atoms with Gasteiger partial charge < -0.3 is 37.6 Å². The van der Waals surface area contributed by atoms with Gasteiger partial charge >= 0.3 is 5.97 Å². The number of hydrogen-bond donors (Lipinski definition) is 8. The number of carbonyl (C=O) groups excluding carboxylic acids is 3. The minimum atomic E-state index is -1.35. The van der Waals surface area contributed by atoms with E-state index < -0.39 is 54.0 Å². The Morgan fingerprint density at radius 3 is 2.00 bits per heavy atom. The van der Waals surface area contributed by atoms with Crippen LogP contribution in [0.25, 0.3) is 0 Å². The topological polar surface area (TPSA) is 197 Å². The normalized spacial score (nSPS) is 16.9. The molecule has 0 fully saturated rings. The van der Waals surface area contributed by atoms with Crippen molar-refractivity contribution in [2.75, 3.05) is 12.3 Å². The van der Waals surface area contributed by atoms with Gasteiger partial charge in [0.15, 0.2) is 0 Å². The molecule has 0 aliphatic heterocycles. The number of aliphatic carboxylic acids is 1.